The highest BCUT2D eigenvalue weighted by atomic mass is 35.5. The summed E-state index contributed by atoms with van der Waals surface area (Å²) >= 11 is 6.13. The van der Waals surface area contributed by atoms with Crippen molar-refractivity contribution in [2.75, 3.05) is 57.5 Å². The smallest absolute Gasteiger partial charge is 0.232 e. The van der Waals surface area contributed by atoms with Gasteiger partial charge in [-0.15, -0.1) is 10.2 Å². The maximum absolute atomic E-state index is 10.4. The van der Waals surface area contributed by atoms with E-state index in [1.165, 1.54) is 11.3 Å². The number of nitrogens with zero attached hydrogens (tertiary/aromatic N) is 6. The minimum atomic E-state index is 0.490. The van der Waals surface area contributed by atoms with Gasteiger partial charge in [-0.25, -0.2) is 0 Å². The Morgan fingerprint density at radius 3 is 2.20 bits per heavy atom. The SMILES string of the molecule is N#CC(=CC1=C(N2CCOCC2)C(=Cc2ccc(Cl)cc2)CC1)c1nnc(N2CCOCC2)n1-c1ccccc1. The Kier molecular flexibility index (Phi) is 7.96. The van der Waals surface area contributed by atoms with Gasteiger partial charge >= 0.3 is 0 Å². The van der Waals surface area contributed by atoms with Gasteiger partial charge < -0.3 is 19.3 Å². The van der Waals surface area contributed by atoms with E-state index in [0.29, 0.717) is 37.8 Å². The molecule has 2 aromatic carbocycles. The van der Waals surface area contributed by atoms with Crippen LogP contribution in [0.15, 0.2) is 77.5 Å². The summed E-state index contributed by atoms with van der Waals surface area (Å²) in [6, 6.07) is 20.4. The van der Waals surface area contributed by atoms with Crippen molar-refractivity contribution in [2.24, 2.45) is 0 Å². The van der Waals surface area contributed by atoms with E-state index >= 15 is 0 Å². The second-order valence-electron chi connectivity index (χ2n) is 9.96. The molecular formula is C31H31ClN6O2. The molecule has 0 spiro atoms. The van der Waals surface area contributed by atoms with Crippen molar-refractivity contribution in [1.82, 2.24) is 19.7 Å². The third kappa shape index (κ3) is 5.54. The van der Waals surface area contributed by atoms with E-state index < -0.39 is 0 Å². The molecule has 204 valence electrons. The van der Waals surface area contributed by atoms with Crippen LogP contribution in [0.4, 0.5) is 5.95 Å². The topological polar surface area (TPSA) is 79.4 Å². The highest BCUT2D eigenvalue weighted by Gasteiger charge is 2.28. The molecule has 0 unspecified atom stereocenters. The second-order valence-corrected chi connectivity index (χ2v) is 10.4. The molecule has 40 heavy (non-hydrogen) atoms. The molecule has 0 N–H and O–H groups in total. The van der Waals surface area contributed by atoms with Crippen molar-refractivity contribution in [2.45, 2.75) is 12.8 Å². The molecule has 0 saturated carbocycles. The fourth-order valence-corrected chi connectivity index (χ4v) is 5.63. The summed E-state index contributed by atoms with van der Waals surface area (Å²) in [5, 5.41) is 20.3. The number of benzene rings is 2. The van der Waals surface area contributed by atoms with Crippen LogP contribution in [0.3, 0.4) is 0 Å². The summed E-state index contributed by atoms with van der Waals surface area (Å²) in [5.41, 5.74) is 6.09. The highest BCUT2D eigenvalue weighted by Crippen LogP contribution is 2.38. The van der Waals surface area contributed by atoms with Crippen LogP contribution in [-0.2, 0) is 9.47 Å². The van der Waals surface area contributed by atoms with Gasteiger partial charge in [0.05, 0.1) is 37.7 Å². The summed E-state index contributed by atoms with van der Waals surface area (Å²) in [6.07, 6.45) is 5.98. The minimum absolute atomic E-state index is 0.490. The normalized spacial score (nSPS) is 19.4. The van der Waals surface area contributed by atoms with E-state index in [1.807, 2.05) is 65.2 Å². The summed E-state index contributed by atoms with van der Waals surface area (Å²) in [6.45, 7) is 5.72. The summed E-state index contributed by atoms with van der Waals surface area (Å²) in [4.78, 5) is 4.56. The van der Waals surface area contributed by atoms with Crippen LogP contribution in [0.2, 0.25) is 5.02 Å². The number of para-hydroxylation sites is 1. The van der Waals surface area contributed by atoms with Gasteiger partial charge in [-0.1, -0.05) is 41.9 Å². The van der Waals surface area contributed by atoms with Gasteiger partial charge in [-0.2, -0.15) is 5.26 Å². The number of anilines is 1. The number of hydrogen-bond acceptors (Lipinski definition) is 7. The quantitative estimate of drug-likeness (QED) is 0.391. The van der Waals surface area contributed by atoms with Crippen LogP contribution in [0, 0.1) is 11.3 Å². The van der Waals surface area contributed by atoms with Crippen molar-refractivity contribution in [3.63, 3.8) is 0 Å². The van der Waals surface area contributed by atoms with E-state index in [1.54, 1.807) is 0 Å². The fraction of sp³-hybridized carbons (Fsp3) is 0.323. The lowest BCUT2D eigenvalue weighted by Gasteiger charge is -2.31. The molecule has 3 heterocycles. The Labute approximate surface area is 239 Å². The van der Waals surface area contributed by atoms with Crippen molar-refractivity contribution in [3.05, 3.63) is 93.9 Å². The van der Waals surface area contributed by atoms with E-state index in [2.05, 4.69) is 32.1 Å². The first-order valence-electron chi connectivity index (χ1n) is 13.7. The van der Waals surface area contributed by atoms with Gasteiger partial charge in [0.25, 0.3) is 0 Å². The number of allylic oxidation sites excluding steroid dienone is 4. The number of morpholine rings is 2. The molecule has 8 nitrogen and oxygen atoms in total. The zero-order valence-corrected chi connectivity index (χ0v) is 23.1. The van der Waals surface area contributed by atoms with E-state index in [9.17, 15) is 5.26 Å². The first-order valence-corrected chi connectivity index (χ1v) is 14.1. The van der Waals surface area contributed by atoms with Gasteiger partial charge in [-0.05, 0) is 66.0 Å². The van der Waals surface area contributed by atoms with Gasteiger partial charge in [0.15, 0.2) is 5.82 Å². The zero-order chi connectivity index (χ0) is 27.3. The van der Waals surface area contributed by atoms with E-state index in [-0.39, 0.29) is 0 Å². The van der Waals surface area contributed by atoms with Crippen LogP contribution in [-0.4, -0.2) is 72.3 Å². The van der Waals surface area contributed by atoms with Crippen LogP contribution in [0.5, 0.6) is 0 Å². The zero-order valence-electron chi connectivity index (χ0n) is 22.3. The molecule has 2 saturated heterocycles. The first kappa shape index (κ1) is 26.3. The largest absolute Gasteiger partial charge is 0.378 e. The third-order valence-electron chi connectivity index (χ3n) is 7.44. The van der Waals surface area contributed by atoms with Crippen LogP contribution >= 0.6 is 11.6 Å². The Bertz CT molecular complexity index is 1470. The molecule has 0 atom stereocenters. The second kappa shape index (κ2) is 12.1. The summed E-state index contributed by atoms with van der Waals surface area (Å²) < 4.78 is 13.2. The predicted molar refractivity (Wildman–Crippen MR) is 156 cm³/mol. The highest BCUT2D eigenvalue weighted by molar-refractivity contribution is 6.30. The molecule has 3 aromatic rings. The molecule has 2 fully saturated rings. The van der Waals surface area contributed by atoms with Crippen molar-refractivity contribution >= 4 is 29.2 Å². The van der Waals surface area contributed by atoms with Gasteiger partial charge in [0.1, 0.15) is 6.07 Å². The number of nitriles is 1. The average Bonchev–Trinajstić information content (AvgIpc) is 3.63. The molecule has 0 radical (unpaired) electrons. The predicted octanol–water partition coefficient (Wildman–Crippen LogP) is 5.13. The molecule has 1 aromatic heterocycles. The average molecular weight is 555 g/mol. The molecule has 0 amide bonds. The number of aromatic nitrogens is 3. The lowest BCUT2D eigenvalue weighted by atomic mass is 10.1. The molecule has 9 heteroatoms. The molecular weight excluding hydrogens is 524 g/mol. The summed E-state index contributed by atoms with van der Waals surface area (Å²) in [5.74, 6) is 1.27. The Hall–Kier alpha value is -3.90. The number of ether oxygens (including phenoxy) is 2. The lowest BCUT2D eigenvalue weighted by Crippen LogP contribution is -2.38. The first-order chi connectivity index (χ1) is 19.7. The molecule has 1 aliphatic carbocycles. The monoisotopic (exact) mass is 554 g/mol. The van der Waals surface area contributed by atoms with Crippen LogP contribution in [0.25, 0.3) is 17.3 Å². The molecule has 2 aliphatic heterocycles. The summed E-state index contributed by atoms with van der Waals surface area (Å²) in [7, 11) is 0. The Balaban J connectivity index is 1.45. The third-order valence-corrected chi connectivity index (χ3v) is 7.70. The Morgan fingerprint density at radius 1 is 0.850 bits per heavy atom. The fourth-order valence-electron chi connectivity index (χ4n) is 5.50. The maximum atomic E-state index is 10.4. The standard InChI is InChI=1S/C31H31ClN6O2/c32-27-10-6-23(7-11-27)20-24-8-9-25(29(24)36-12-16-39-17-13-36)21-26(22-33)30-34-35-31(37-14-18-40-19-15-37)38(30)28-4-2-1-3-5-28/h1-7,10-11,20-21H,8-9,12-19H2. The van der Waals surface area contributed by atoms with Gasteiger partial charge in [0.2, 0.25) is 5.95 Å². The number of halogens is 1. The van der Waals surface area contributed by atoms with Crippen LogP contribution < -0.4 is 4.90 Å². The van der Waals surface area contributed by atoms with Crippen molar-refractivity contribution in [3.8, 4) is 11.8 Å². The molecule has 6 rings (SSSR count). The van der Waals surface area contributed by atoms with E-state index in [0.717, 1.165) is 66.8 Å². The van der Waals surface area contributed by atoms with Crippen molar-refractivity contribution < 1.29 is 9.47 Å². The van der Waals surface area contributed by atoms with Crippen LogP contribution in [0.1, 0.15) is 24.2 Å². The maximum Gasteiger partial charge on any atom is 0.232 e. The lowest BCUT2D eigenvalue weighted by molar-refractivity contribution is 0.0547. The van der Waals surface area contributed by atoms with E-state index in [4.69, 9.17) is 21.1 Å². The van der Waals surface area contributed by atoms with Gasteiger partial charge in [-0.3, -0.25) is 4.57 Å². The molecule has 0 bridgehead atoms. The van der Waals surface area contributed by atoms with Gasteiger partial charge in [0, 0.05) is 36.9 Å². The molecule has 3 aliphatic rings. The number of rotatable bonds is 6. The Morgan fingerprint density at radius 2 is 1.52 bits per heavy atom. The minimum Gasteiger partial charge on any atom is -0.378 e. The number of hydrogen-bond donors (Lipinski definition) is 0. The van der Waals surface area contributed by atoms with Crippen molar-refractivity contribution in [1.29, 1.82) is 5.26 Å².